The molecule has 0 saturated heterocycles. The summed E-state index contributed by atoms with van der Waals surface area (Å²) in [6, 6.07) is 21.7. The molecule has 6 nitrogen and oxygen atoms in total. The Kier molecular flexibility index (Phi) is 8.81. The Morgan fingerprint density at radius 2 is 1.47 bits per heavy atom. The Bertz CT molecular complexity index is 1780. The van der Waals surface area contributed by atoms with Gasteiger partial charge in [0.1, 0.15) is 5.75 Å². The topological polar surface area (TPSA) is 75.7 Å². The standard InChI is InChI=1S/C40H43BrN2O4/c1-24-11-10-14-29(25(24)2)42-35(46)23-47-34-16-15-27(41)17-28(34)36-37-30(18-39(3,4)20-32(37)44)43(22-26-12-8-7-9-13-26)31-19-40(5,6)21-33(45)38(31)36/h7-17,36H,18-23H2,1-6H3,(H,42,46). The van der Waals surface area contributed by atoms with Crippen molar-refractivity contribution in [1.29, 1.82) is 0 Å². The lowest BCUT2D eigenvalue weighted by Gasteiger charge is -2.49. The van der Waals surface area contributed by atoms with Gasteiger partial charge in [0.15, 0.2) is 18.2 Å². The molecule has 3 aromatic rings. The van der Waals surface area contributed by atoms with E-state index in [1.54, 1.807) is 0 Å². The smallest absolute Gasteiger partial charge is 0.262 e. The van der Waals surface area contributed by atoms with Crippen LogP contribution in [0.5, 0.6) is 5.75 Å². The summed E-state index contributed by atoms with van der Waals surface area (Å²) in [6.45, 7) is 12.9. The molecule has 0 unspecified atom stereocenters. The van der Waals surface area contributed by atoms with Gasteiger partial charge in [-0.15, -0.1) is 0 Å². The Labute approximate surface area is 286 Å². The van der Waals surface area contributed by atoms with Gasteiger partial charge < -0.3 is 15.0 Å². The lowest BCUT2D eigenvalue weighted by molar-refractivity contribution is -0.120. The summed E-state index contributed by atoms with van der Waals surface area (Å²) in [5, 5.41) is 2.98. The molecule has 0 aromatic heterocycles. The van der Waals surface area contributed by atoms with Gasteiger partial charge in [0.2, 0.25) is 0 Å². The maximum atomic E-state index is 14.3. The molecule has 0 spiro atoms. The lowest BCUT2D eigenvalue weighted by Crippen LogP contribution is -2.44. The van der Waals surface area contributed by atoms with E-state index in [4.69, 9.17) is 4.74 Å². The maximum Gasteiger partial charge on any atom is 0.262 e. The van der Waals surface area contributed by atoms with Crippen molar-refractivity contribution in [3.8, 4) is 5.75 Å². The molecule has 7 heteroatoms. The summed E-state index contributed by atoms with van der Waals surface area (Å²) in [5.41, 5.74) is 7.55. The molecule has 1 aliphatic heterocycles. The van der Waals surface area contributed by atoms with Crippen LogP contribution in [0.4, 0.5) is 5.69 Å². The fraction of sp³-hybridized carbons (Fsp3) is 0.375. The van der Waals surface area contributed by atoms with E-state index < -0.39 is 5.92 Å². The number of ketones is 2. The first-order valence-corrected chi connectivity index (χ1v) is 17.1. The molecule has 3 aliphatic rings. The van der Waals surface area contributed by atoms with Crippen LogP contribution in [0, 0.1) is 24.7 Å². The molecule has 0 atom stereocenters. The number of nitrogens with one attached hydrogen (secondary N) is 1. The van der Waals surface area contributed by atoms with Crippen molar-refractivity contribution in [2.24, 2.45) is 10.8 Å². The van der Waals surface area contributed by atoms with E-state index in [1.165, 1.54) is 0 Å². The van der Waals surface area contributed by atoms with Gasteiger partial charge in [0, 0.05) is 63.6 Å². The minimum Gasteiger partial charge on any atom is -0.483 e. The Morgan fingerprint density at radius 3 is 2.09 bits per heavy atom. The van der Waals surface area contributed by atoms with Crippen molar-refractivity contribution in [2.45, 2.75) is 79.7 Å². The summed E-state index contributed by atoms with van der Waals surface area (Å²) in [4.78, 5) is 44.1. The highest BCUT2D eigenvalue weighted by atomic mass is 79.9. The monoisotopic (exact) mass is 694 g/mol. The van der Waals surface area contributed by atoms with Crippen LogP contribution < -0.4 is 10.1 Å². The number of nitrogens with zero attached hydrogens (tertiary/aromatic N) is 1. The first kappa shape index (κ1) is 33.0. The van der Waals surface area contributed by atoms with Crippen LogP contribution in [-0.4, -0.2) is 29.0 Å². The van der Waals surface area contributed by atoms with Gasteiger partial charge in [-0.3, -0.25) is 14.4 Å². The Morgan fingerprint density at radius 1 is 0.851 bits per heavy atom. The third-order valence-corrected chi connectivity index (χ3v) is 10.2. The summed E-state index contributed by atoms with van der Waals surface area (Å²) in [5.74, 6) is -0.270. The number of allylic oxidation sites excluding steroid dienone is 4. The van der Waals surface area contributed by atoms with E-state index >= 15 is 0 Å². The van der Waals surface area contributed by atoms with Crippen molar-refractivity contribution in [1.82, 2.24) is 4.90 Å². The molecule has 47 heavy (non-hydrogen) atoms. The highest BCUT2D eigenvalue weighted by Crippen LogP contribution is 2.56. The zero-order valence-electron chi connectivity index (χ0n) is 28.1. The number of anilines is 1. The summed E-state index contributed by atoms with van der Waals surface area (Å²) < 4.78 is 7.08. The molecule has 244 valence electrons. The third-order valence-electron chi connectivity index (χ3n) is 9.73. The summed E-state index contributed by atoms with van der Waals surface area (Å²) in [7, 11) is 0. The molecule has 3 aromatic carbocycles. The Balaban J connectivity index is 1.46. The summed E-state index contributed by atoms with van der Waals surface area (Å²) >= 11 is 3.65. The number of carbonyl (C=O) groups is 3. The average Bonchev–Trinajstić information content (AvgIpc) is 2.99. The van der Waals surface area contributed by atoms with E-state index in [1.807, 2.05) is 68.4 Å². The number of hydrogen-bond acceptors (Lipinski definition) is 5. The van der Waals surface area contributed by atoms with Gasteiger partial charge >= 0.3 is 0 Å². The van der Waals surface area contributed by atoms with Crippen LogP contribution in [0.1, 0.15) is 81.5 Å². The highest BCUT2D eigenvalue weighted by molar-refractivity contribution is 9.10. The van der Waals surface area contributed by atoms with Crippen molar-refractivity contribution >= 4 is 39.1 Å². The van der Waals surface area contributed by atoms with E-state index in [2.05, 4.69) is 66.0 Å². The number of Topliss-reactive ketones (excluding diaryl/α,β-unsaturated/α-hetero) is 2. The number of rotatable bonds is 7. The van der Waals surface area contributed by atoms with Gasteiger partial charge in [-0.2, -0.15) is 0 Å². The van der Waals surface area contributed by atoms with Gasteiger partial charge in [-0.25, -0.2) is 0 Å². The third kappa shape index (κ3) is 6.73. The second kappa shape index (κ2) is 12.6. The van der Waals surface area contributed by atoms with Crippen LogP contribution in [0.25, 0.3) is 0 Å². The van der Waals surface area contributed by atoms with Crippen LogP contribution in [0.15, 0.2) is 93.7 Å². The zero-order valence-corrected chi connectivity index (χ0v) is 29.7. The average molecular weight is 696 g/mol. The van der Waals surface area contributed by atoms with Gasteiger partial charge in [0.05, 0.1) is 0 Å². The second-order valence-corrected chi connectivity index (χ2v) is 15.8. The largest absolute Gasteiger partial charge is 0.483 e. The van der Waals surface area contributed by atoms with Gasteiger partial charge in [-0.05, 0) is 78.5 Å². The fourth-order valence-electron chi connectivity index (χ4n) is 7.41. The van der Waals surface area contributed by atoms with Crippen LogP contribution in [0.3, 0.4) is 0 Å². The molecule has 1 heterocycles. The molecule has 1 amide bonds. The van der Waals surface area contributed by atoms with Crippen molar-refractivity contribution in [3.63, 3.8) is 0 Å². The van der Waals surface area contributed by atoms with E-state index in [9.17, 15) is 14.4 Å². The molecule has 0 fully saturated rings. The van der Waals surface area contributed by atoms with Crippen molar-refractivity contribution < 1.29 is 19.1 Å². The molecule has 0 bridgehead atoms. The second-order valence-electron chi connectivity index (χ2n) is 14.9. The predicted molar refractivity (Wildman–Crippen MR) is 189 cm³/mol. The minimum atomic E-state index is -0.589. The predicted octanol–water partition coefficient (Wildman–Crippen LogP) is 8.97. The van der Waals surface area contributed by atoms with E-state index in [-0.39, 0.29) is 34.9 Å². The molecule has 2 aliphatic carbocycles. The van der Waals surface area contributed by atoms with Crippen molar-refractivity contribution in [2.75, 3.05) is 11.9 Å². The number of aryl methyl sites for hydroxylation is 1. The highest BCUT2D eigenvalue weighted by Gasteiger charge is 2.49. The molecular weight excluding hydrogens is 652 g/mol. The van der Waals surface area contributed by atoms with Crippen LogP contribution in [0.2, 0.25) is 0 Å². The van der Waals surface area contributed by atoms with Crippen LogP contribution >= 0.6 is 15.9 Å². The number of carbonyl (C=O) groups excluding carboxylic acids is 3. The number of benzene rings is 3. The van der Waals surface area contributed by atoms with Crippen molar-refractivity contribution in [3.05, 3.63) is 116 Å². The van der Waals surface area contributed by atoms with Gasteiger partial charge in [0.25, 0.3) is 5.91 Å². The first-order chi connectivity index (χ1) is 22.2. The van der Waals surface area contributed by atoms with Gasteiger partial charge in [-0.1, -0.05) is 86.1 Å². The normalized spacial score (nSPS) is 19.0. The first-order valence-electron chi connectivity index (χ1n) is 16.4. The number of amides is 1. The number of hydrogen-bond donors (Lipinski definition) is 1. The molecule has 6 rings (SSSR count). The number of ether oxygens (including phenoxy) is 1. The van der Waals surface area contributed by atoms with E-state index in [0.29, 0.717) is 49.1 Å². The molecule has 0 saturated carbocycles. The lowest BCUT2D eigenvalue weighted by atomic mass is 9.63. The minimum absolute atomic E-state index is 0.0575. The SMILES string of the molecule is Cc1cccc(NC(=O)COc2ccc(Br)cc2C2C3=C(CC(C)(C)CC3=O)N(Cc3ccccc3)C3=C2C(=O)CC(C)(C)C3)c1C. The fourth-order valence-corrected chi connectivity index (χ4v) is 7.79. The molecule has 1 N–H and O–H groups in total. The summed E-state index contributed by atoms with van der Waals surface area (Å²) in [6.07, 6.45) is 2.22. The Hall–Kier alpha value is -3.97. The van der Waals surface area contributed by atoms with Crippen LogP contribution in [-0.2, 0) is 20.9 Å². The molecular formula is C40H43BrN2O4. The maximum absolute atomic E-state index is 14.3. The zero-order chi connectivity index (χ0) is 33.7. The quantitative estimate of drug-likeness (QED) is 0.267. The van der Waals surface area contributed by atoms with E-state index in [0.717, 1.165) is 43.8 Å². The number of halogens is 1. The molecule has 0 radical (unpaired) electrons.